The van der Waals surface area contributed by atoms with Gasteiger partial charge in [0.2, 0.25) is 0 Å². The van der Waals surface area contributed by atoms with Crippen LogP contribution in [0.3, 0.4) is 0 Å². The molecule has 2 aliphatic heterocycles. The van der Waals surface area contributed by atoms with E-state index in [1.54, 1.807) is 10.9 Å². The maximum atomic E-state index is 11.9. The number of nitrogens with zero attached hydrogens (tertiary/aromatic N) is 3. The third kappa shape index (κ3) is 3.71. The van der Waals surface area contributed by atoms with Gasteiger partial charge in [-0.15, -0.1) is 5.10 Å². The number of ether oxygens (including phenoxy) is 2. The van der Waals surface area contributed by atoms with E-state index in [1.807, 2.05) is 0 Å². The van der Waals surface area contributed by atoms with Crippen molar-refractivity contribution >= 4 is 5.91 Å². The van der Waals surface area contributed by atoms with Crippen molar-refractivity contribution in [3.63, 3.8) is 0 Å². The first-order valence-electron chi connectivity index (χ1n) is 7.75. The molecule has 1 saturated heterocycles. The van der Waals surface area contributed by atoms with Gasteiger partial charge in [0.1, 0.15) is 24.0 Å². The summed E-state index contributed by atoms with van der Waals surface area (Å²) in [5, 5.41) is 43.5. The number of aromatic nitrogens is 3. The minimum atomic E-state index is -1.61. The van der Waals surface area contributed by atoms with Gasteiger partial charge in [-0.2, -0.15) is 0 Å². The van der Waals surface area contributed by atoms with Gasteiger partial charge in [0.25, 0.3) is 5.91 Å². The number of aliphatic hydroxyl groups excluding tert-OH is 3. The summed E-state index contributed by atoms with van der Waals surface area (Å²) in [6.45, 7) is 2.03. The molecule has 0 radical (unpaired) electrons. The van der Waals surface area contributed by atoms with Gasteiger partial charge in [0.05, 0.1) is 19.3 Å². The quantitative estimate of drug-likeness (QED) is 0.321. The molecule has 5 atom stereocenters. The Kier molecular flexibility index (Phi) is 5.38. The number of rotatable bonds is 0. The molecule has 0 aromatic carbocycles. The molecule has 3 heterocycles. The van der Waals surface area contributed by atoms with Crippen molar-refractivity contribution in [3.05, 3.63) is 11.9 Å². The molecule has 0 spiro atoms. The normalized spacial score (nSPS) is 35.6. The molecule has 11 heteroatoms. The highest BCUT2D eigenvalue weighted by molar-refractivity contribution is 5.81. The minimum Gasteiger partial charge on any atom is -0.387 e. The third-order valence-electron chi connectivity index (χ3n) is 3.94. The molecule has 1 aromatic heterocycles. The lowest BCUT2D eigenvalue weighted by atomic mass is 10.1. The van der Waals surface area contributed by atoms with Gasteiger partial charge in [-0.1, -0.05) is 5.21 Å². The lowest BCUT2D eigenvalue weighted by Crippen LogP contribution is -2.48. The van der Waals surface area contributed by atoms with Crippen LogP contribution in [0.1, 0.15) is 5.69 Å². The Bertz CT molecular complexity index is 569. The fourth-order valence-corrected chi connectivity index (χ4v) is 2.60. The Morgan fingerprint density at radius 1 is 1.21 bits per heavy atom. The maximum Gasteiger partial charge on any atom is 0.251 e. The van der Waals surface area contributed by atoms with Crippen LogP contribution in [0.25, 0.3) is 0 Å². The first kappa shape index (κ1) is 17.2. The van der Waals surface area contributed by atoms with E-state index in [0.717, 1.165) is 0 Å². The molecule has 1 aromatic rings. The van der Waals surface area contributed by atoms with Crippen molar-refractivity contribution < 1.29 is 29.6 Å². The van der Waals surface area contributed by atoms with E-state index >= 15 is 0 Å². The van der Waals surface area contributed by atoms with Crippen LogP contribution in [0.2, 0.25) is 0 Å². The van der Waals surface area contributed by atoms with Gasteiger partial charge in [-0.05, 0) is 0 Å². The van der Waals surface area contributed by atoms with Crippen LogP contribution in [0.15, 0.2) is 6.20 Å². The number of hydrogen-bond donors (Lipinski definition) is 5. The lowest BCUT2D eigenvalue weighted by Gasteiger charge is -2.20. The van der Waals surface area contributed by atoms with Crippen molar-refractivity contribution in [1.29, 1.82) is 0 Å². The summed E-state index contributed by atoms with van der Waals surface area (Å²) < 4.78 is 12.3. The average Bonchev–Trinajstić information content (AvgIpc) is 3.13. The van der Waals surface area contributed by atoms with Crippen molar-refractivity contribution in [2.24, 2.45) is 0 Å². The fraction of sp³-hybridized carbons (Fsp3) is 0.769. The predicted octanol–water partition coefficient (Wildman–Crippen LogP) is -3.68. The van der Waals surface area contributed by atoms with Crippen molar-refractivity contribution in [2.45, 2.75) is 43.9 Å². The highest BCUT2D eigenvalue weighted by atomic mass is 16.7. The number of fused-ring (bicyclic) bond motifs is 4. The third-order valence-corrected chi connectivity index (χ3v) is 3.94. The van der Waals surface area contributed by atoms with Gasteiger partial charge < -0.3 is 35.4 Å². The van der Waals surface area contributed by atoms with E-state index in [0.29, 0.717) is 31.9 Å². The molecule has 134 valence electrons. The Hall–Kier alpha value is -1.63. The van der Waals surface area contributed by atoms with Gasteiger partial charge in [-0.3, -0.25) is 9.48 Å². The molecule has 5 N–H and O–H groups in total. The molecule has 24 heavy (non-hydrogen) atoms. The first-order chi connectivity index (χ1) is 11.6. The van der Waals surface area contributed by atoms with E-state index in [4.69, 9.17) is 9.47 Å². The fourth-order valence-electron chi connectivity index (χ4n) is 2.60. The number of carbonyl (C=O) groups excluding carboxylic acids is 1. The van der Waals surface area contributed by atoms with Crippen LogP contribution in [0.5, 0.6) is 0 Å². The second-order valence-electron chi connectivity index (χ2n) is 5.72. The Morgan fingerprint density at radius 3 is 2.88 bits per heavy atom. The molecule has 2 aliphatic rings. The molecular weight excluding hydrogens is 322 g/mol. The zero-order chi connectivity index (χ0) is 17.1. The van der Waals surface area contributed by atoms with Gasteiger partial charge >= 0.3 is 0 Å². The monoisotopic (exact) mass is 343 g/mol. The van der Waals surface area contributed by atoms with Crippen molar-refractivity contribution in [1.82, 2.24) is 25.6 Å². The average molecular weight is 343 g/mol. The van der Waals surface area contributed by atoms with Crippen molar-refractivity contribution in [2.75, 3.05) is 19.6 Å². The number of amides is 1. The molecule has 0 aliphatic carbocycles. The summed E-state index contributed by atoms with van der Waals surface area (Å²) in [6.07, 6.45) is -5.18. The van der Waals surface area contributed by atoms with Crippen LogP contribution in [-0.2, 0) is 27.4 Å². The molecule has 1 fully saturated rings. The topological polar surface area (TPSA) is 151 Å². The van der Waals surface area contributed by atoms with E-state index in [2.05, 4.69) is 20.9 Å². The van der Waals surface area contributed by atoms with Crippen LogP contribution < -0.4 is 10.6 Å². The number of nitrogens with one attached hydrogen (secondary N) is 2. The van der Waals surface area contributed by atoms with Crippen LogP contribution in [0.4, 0.5) is 0 Å². The molecule has 11 nitrogen and oxygen atoms in total. The zero-order valence-electron chi connectivity index (χ0n) is 12.9. The molecule has 4 bridgehead atoms. The van der Waals surface area contributed by atoms with Crippen LogP contribution in [-0.4, -0.2) is 86.6 Å². The summed E-state index contributed by atoms with van der Waals surface area (Å²) >= 11 is 0. The summed E-state index contributed by atoms with van der Waals surface area (Å²) in [4.78, 5) is 11.9. The lowest BCUT2D eigenvalue weighted by molar-refractivity contribution is -0.186. The van der Waals surface area contributed by atoms with Crippen LogP contribution in [0, 0.1) is 0 Å². The van der Waals surface area contributed by atoms with E-state index < -0.39 is 36.6 Å². The molecule has 0 saturated carbocycles. The summed E-state index contributed by atoms with van der Waals surface area (Å²) in [5.74, 6) is -0.683. The molecular formula is C13H21N5O6. The maximum absolute atomic E-state index is 11.9. The number of carbonyl (C=O) groups is 1. The second-order valence-corrected chi connectivity index (χ2v) is 5.72. The zero-order valence-corrected chi connectivity index (χ0v) is 12.9. The molecule has 1 amide bonds. The Balaban J connectivity index is 1.72. The summed E-state index contributed by atoms with van der Waals surface area (Å²) in [5.41, 5.74) is 0.536. The van der Waals surface area contributed by atoms with Crippen LogP contribution >= 0.6 is 0 Å². The molecule has 0 unspecified atom stereocenters. The minimum absolute atomic E-state index is 0.0108. The highest BCUT2D eigenvalue weighted by Crippen LogP contribution is 2.25. The summed E-state index contributed by atoms with van der Waals surface area (Å²) in [6, 6.07) is 0. The summed E-state index contributed by atoms with van der Waals surface area (Å²) in [7, 11) is 0. The smallest absolute Gasteiger partial charge is 0.251 e. The first-order valence-corrected chi connectivity index (χ1v) is 7.75. The van der Waals surface area contributed by atoms with Crippen molar-refractivity contribution in [3.8, 4) is 0 Å². The van der Waals surface area contributed by atoms with E-state index in [1.165, 1.54) is 0 Å². The molecule has 3 rings (SSSR count). The second kappa shape index (κ2) is 7.51. The largest absolute Gasteiger partial charge is 0.387 e. The van der Waals surface area contributed by atoms with Gasteiger partial charge in [0.15, 0.2) is 12.4 Å². The highest BCUT2D eigenvalue weighted by Gasteiger charge is 2.48. The standard InChI is InChI=1S/C13H21N5O6/c19-8-9(20)13-23-6-7-5-18(17-16-7)4-3-14-1-2-15-12(22)10(21)11(8)24-13/h5,8-11,13-14,19-21H,1-4,6H2,(H,15,22)/t8-,9-,10+,11-,13-/m1/s1. The van der Waals surface area contributed by atoms with Gasteiger partial charge in [-0.25, -0.2) is 0 Å². The van der Waals surface area contributed by atoms with E-state index in [9.17, 15) is 20.1 Å². The number of hydrogen-bond acceptors (Lipinski definition) is 9. The van der Waals surface area contributed by atoms with E-state index in [-0.39, 0.29) is 6.61 Å². The Morgan fingerprint density at radius 2 is 2.04 bits per heavy atom. The van der Waals surface area contributed by atoms with Gasteiger partial charge in [0, 0.05) is 19.6 Å². The number of aliphatic hydroxyl groups is 3. The SMILES string of the molecule is O=C1NCCNCCn2cc(nn2)CO[C@@H]2O[C@H]([C@H](O)[C@H]2O)[C@@H]1O. The Labute approximate surface area is 137 Å². The predicted molar refractivity (Wildman–Crippen MR) is 77.4 cm³/mol.